The van der Waals surface area contributed by atoms with Crippen molar-refractivity contribution in [1.82, 2.24) is 0 Å². The standard InChI is InChI=1S/C22H23ClN2O6/c1-14-11-18(25(28)29)19(30-2)12-17(14)24-20(26)13-31-21(27)22(9-3-4-10-22)15-5-7-16(23)8-6-15/h5-8,11-12H,3-4,9-10,13H2,1-2H3,(H,24,26). The fourth-order valence-corrected chi connectivity index (χ4v) is 4.05. The van der Waals surface area contributed by atoms with Gasteiger partial charge in [-0.2, -0.15) is 0 Å². The fourth-order valence-electron chi connectivity index (χ4n) is 3.93. The van der Waals surface area contributed by atoms with Gasteiger partial charge in [-0.1, -0.05) is 36.6 Å². The Balaban J connectivity index is 1.69. The summed E-state index contributed by atoms with van der Waals surface area (Å²) < 4.78 is 10.4. The highest BCUT2D eigenvalue weighted by molar-refractivity contribution is 6.30. The number of benzene rings is 2. The van der Waals surface area contributed by atoms with Crippen LogP contribution in [0.15, 0.2) is 36.4 Å². The molecule has 0 saturated heterocycles. The molecule has 0 spiro atoms. The fraction of sp³-hybridized carbons (Fsp3) is 0.364. The molecule has 1 aliphatic rings. The van der Waals surface area contributed by atoms with Crippen molar-refractivity contribution in [2.24, 2.45) is 0 Å². The number of amides is 1. The number of hydrogen-bond donors (Lipinski definition) is 1. The van der Waals surface area contributed by atoms with Crippen LogP contribution in [0.4, 0.5) is 11.4 Å². The van der Waals surface area contributed by atoms with Gasteiger partial charge in [-0.25, -0.2) is 0 Å². The number of methoxy groups -OCH3 is 1. The topological polar surface area (TPSA) is 108 Å². The molecule has 3 rings (SSSR count). The molecule has 1 saturated carbocycles. The number of anilines is 1. The highest BCUT2D eigenvalue weighted by atomic mass is 35.5. The van der Waals surface area contributed by atoms with E-state index >= 15 is 0 Å². The maximum atomic E-state index is 13.0. The summed E-state index contributed by atoms with van der Waals surface area (Å²) in [4.78, 5) is 35.9. The van der Waals surface area contributed by atoms with Gasteiger partial charge in [0.05, 0.1) is 17.4 Å². The number of nitrogens with zero attached hydrogens (tertiary/aromatic N) is 1. The quantitative estimate of drug-likeness (QED) is 0.379. The number of nitro benzene ring substituents is 1. The van der Waals surface area contributed by atoms with E-state index in [2.05, 4.69) is 5.32 Å². The molecule has 0 unspecified atom stereocenters. The Hall–Kier alpha value is -3.13. The number of aryl methyl sites for hydroxylation is 1. The molecular weight excluding hydrogens is 424 g/mol. The van der Waals surface area contributed by atoms with E-state index < -0.39 is 28.8 Å². The second kappa shape index (κ2) is 9.34. The Kier molecular flexibility index (Phi) is 6.80. The van der Waals surface area contributed by atoms with Crippen LogP contribution in [0.25, 0.3) is 0 Å². The van der Waals surface area contributed by atoms with Crippen molar-refractivity contribution in [3.63, 3.8) is 0 Å². The van der Waals surface area contributed by atoms with E-state index in [-0.39, 0.29) is 11.4 Å². The largest absolute Gasteiger partial charge is 0.490 e. The zero-order chi connectivity index (χ0) is 22.6. The highest BCUT2D eigenvalue weighted by Gasteiger charge is 2.44. The summed E-state index contributed by atoms with van der Waals surface area (Å²) in [5, 5.41) is 14.3. The lowest BCUT2D eigenvalue weighted by Gasteiger charge is -2.27. The second-order valence-electron chi connectivity index (χ2n) is 7.52. The molecule has 0 bridgehead atoms. The number of rotatable bonds is 7. The lowest BCUT2D eigenvalue weighted by atomic mass is 9.79. The summed E-state index contributed by atoms with van der Waals surface area (Å²) in [7, 11) is 1.31. The summed E-state index contributed by atoms with van der Waals surface area (Å²) in [5.41, 5.74) is 0.681. The van der Waals surface area contributed by atoms with Gasteiger partial charge in [0.2, 0.25) is 0 Å². The first kappa shape index (κ1) is 22.6. The Bertz CT molecular complexity index is 1000. The van der Waals surface area contributed by atoms with Gasteiger partial charge in [0, 0.05) is 22.8 Å². The molecule has 1 N–H and O–H groups in total. The molecule has 164 valence electrons. The number of nitrogens with one attached hydrogen (secondary N) is 1. The molecule has 1 fully saturated rings. The number of ether oxygens (including phenoxy) is 2. The first-order valence-corrected chi connectivity index (χ1v) is 10.2. The van der Waals surface area contributed by atoms with Gasteiger partial charge in [0.1, 0.15) is 0 Å². The van der Waals surface area contributed by atoms with Crippen LogP contribution in [0.5, 0.6) is 5.75 Å². The van der Waals surface area contributed by atoms with Crippen molar-refractivity contribution in [3.05, 3.63) is 62.7 Å². The number of nitro groups is 1. The van der Waals surface area contributed by atoms with E-state index in [0.29, 0.717) is 29.1 Å². The van der Waals surface area contributed by atoms with Crippen LogP contribution in [0.1, 0.15) is 36.8 Å². The van der Waals surface area contributed by atoms with Crippen LogP contribution in [0.3, 0.4) is 0 Å². The van der Waals surface area contributed by atoms with Gasteiger partial charge in [0.25, 0.3) is 5.91 Å². The predicted octanol–water partition coefficient (Wildman–Crippen LogP) is 4.56. The molecule has 1 amide bonds. The lowest BCUT2D eigenvalue weighted by Crippen LogP contribution is -2.36. The van der Waals surface area contributed by atoms with Crippen molar-refractivity contribution in [3.8, 4) is 5.75 Å². The van der Waals surface area contributed by atoms with E-state index in [1.165, 1.54) is 19.2 Å². The van der Waals surface area contributed by atoms with Gasteiger partial charge in [-0.3, -0.25) is 19.7 Å². The second-order valence-corrected chi connectivity index (χ2v) is 7.95. The maximum Gasteiger partial charge on any atom is 0.317 e. The van der Waals surface area contributed by atoms with Crippen molar-refractivity contribution in [2.75, 3.05) is 19.0 Å². The van der Waals surface area contributed by atoms with Gasteiger partial charge >= 0.3 is 11.7 Å². The molecule has 9 heteroatoms. The first-order valence-electron chi connectivity index (χ1n) is 9.83. The minimum absolute atomic E-state index is 0.0236. The van der Waals surface area contributed by atoms with E-state index in [0.717, 1.165) is 18.4 Å². The highest BCUT2D eigenvalue weighted by Crippen LogP contribution is 2.42. The number of halogens is 1. The lowest BCUT2D eigenvalue weighted by molar-refractivity contribution is -0.385. The van der Waals surface area contributed by atoms with Gasteiger partial charge in [0.15, 0.2) is 12.4 Å². The summed E-state index contributed by atoms with van der Waals surface area (Å²) in [5.74, 6) is -0.965. The third-order valence-corrected chi connectivity index (χ3v) is 5.83. The summed E-state index contributed by atoms with van der Waals surface area (Å²) >= 11 is 5.97. The van der Waals surface area contributed by atoms with E-state index in [1.807, 2.05) is 12.1 Å². The predicted molar refractivity (Wildman–Crippen MR) is 116 cm³/mol. The molecule has 2 aromatic carbocycles. The van der Waals surface area contributed by atoms with Crippen molar-refractivity contribution >= 4 is 34.9 Å². The van der Waals surface area contributed by atoms with Crippen LogP contribution >= 0.6 is 11.6 Å². The zero-order valence-electron chi connectivity index (χ0n) is 17.3. The molecule has 0 atom stereocenters. The van der Waals surface area contributed by atoms with Crippen molar-refractivity contribution in [1.29, 1.82) is 0 Å². The van der Waals surface area contributed by atoms with Gasteiger partial charge < -0.3 is 14.8 Å². The summed E-state index contributed by atoms with van der Waals surface area (Å²) in [6.45, 7) is 1.16. The van der Waals surface area contributed by atoms with Crippen molar-refractivity contribution < 1.29 is 24.0 Å². The van der Waals surface area contributed by atoms with E-state index in [1.54, 1.807) is 19.1 Å². The Morgan fingerprint density at radius 2 is 1.84 bits per heavy atom. The Labute approximate surface area is 184 Å². The number of carbonyl (C=O) groups is 2. The number of hydrogen-bond acceptors (Lipinski definition) is 6. The molecule has 2 aromatic rings. The van der Waals surface area contributed by atoms with E-state index in [9.17, 15) is 19.7 Å². The zero-order valence-corrected chi connectivity index (χ0v) is 18.0. The molecule has 1 aliphatic carbocycles. The van der Waals surface area contributed by atoms with Gasteiger partial charge in [-0.15, -0.1) is 0 Å². The van der Waals surface area contributed by atoms with Gasteiger partial charge in [-0.05, 0) is 43.0 Å². The minimum atomic E-state index is -0.780. The van der Waals surface area contributed by atoms with Crippen LogP contribution in [-0.2, 0) is 19.7 Å². The first-order chi connectivity index (χ1) is 14.8. The summed E-state index contributed by atoms with van der Waals surface area (Å²) in [6, 6.07) is 9.81. The van der Waals surface area contributed by atoms with Crippen LogP contribution in [0.2, 0.25) is 5.02 Å². The normalized spacial score (nSPS) is 14.7. The van der Waals surface area contributed by atoms with E-state index in [4.69, 9.17) is 21.1 Å². The monoisotopic (exact) mass is 446 g/mol. The summed E-state index contributed by atoms with van der Waals surface area (Å²) in [6.07, 6.45) is 3.08. The SMILES string of the molecule is COc1cc(NC(=O)COC(=O)C2(c3ccc(Cl)cc3)CCCC2)c(C)cc1[N+](=O)[O-]. The third-order valence-electron chi connectivity index (χ3n) is 5.58. The van der Waals surface area contributed by atoms with Crippen LogP contribution < -0.4 is 10.1 Å². The molecular formula is C22H23ClN2O6. The number of carbonyl (C=O) groups excluding carboxylic acids is 2. The molecule has 8 nitrogen and oxygen atoms in total. The average Bonchev–Trinajstić information content (AvgIpc) is 3.24. The molecule has 0 radical (unpaired) electrons. The third kappa shape index (κ3) is 4.80. The molecule has 0 aromatic heterocycles. The maximum absolute atomic E-state index is 13.0. The Morgan fingerprint density at radius 3 is 2.42 bits per heavy atom. The molecule has 0 aliphatic heterocycles. The van der Waals surface area contributed by atoms with Crippen LogP contribution in [0, 0.1) is 17.0 Å². The molecule has 0 heterocycles. The average molecular weight is 447 g/mol. The molecule has 31 heavy (non-hydrogen) atoms. The smallest absolute Gasteiger partial charge is 0.317 e. The van der Waals surface area contributed by atoms with Crippen LogP contribution in [-0.4, -0.2) is 30.5 Å². The number of esters is 1. The van der Waals surface area contributed by atoms with Crippen molar-refractivity contribution in [2.45, 2.75) is 38.0 Å². The minimum Gasteiger partial charge on any atom is -0.490 e. The Morgan fingerprint density at radius 1 is 1.19 bits per heavy atom.